The summed E-state index contributed by atoms with van der Waals surface area (Å²) in [5.74, 6) is 0. The SMILES string of the molecule is Cc1ccc(Cl)cc1NCc1cccc(Br)c1. The minimum atomic E-state index is 0.757. The van der Waals surface area contributed by atoms with E-state index in [4.69, 9.17) is 11.6 Å². The second kappa shape index (κ2) is 5.56. The Morgan fingerprint density at radius 2 is 2.00 bits per heavy atom. The smallest absolute Gasteiger partial charge is 0.0426 e. The van der Waals surface area contributed by atoms with Gasteiger partial charge in [-0.2, -0.15) is 0 Å². The molecule has 17 heavy (non-hydrogen) atoms. The summed E-state index contributed by atoms with van der Waals surface area (Å²) in [6.45, 7) is 2.86. The fourth-order valence-corrected chi connectivity index (χ4v) is 2.25. The average Bonchev–Trinajstić information content (AvgIpc) is 2.30. The molecule has 3 heteroatoms. The molecule has 0 aromatic heterocycles. The van der Waals surface area contributed by atoms with Gasteiger partial charge in [-0.25, -0.2) is 0 Å². The minimum absolute atomic E-state index is 0.757. The zero-order valence-electron chi connectivity index (χ0n) is 9.50. The first-order valence-corrected chi connectivity index (χ1v) is 6.57. The predicted molar refractivity (Wildman–Crippen MR) is 77.7 cm³/mol. The molecule has 0 saturated carbocycles. The molecule has 2 rings (SSSR count). The van der Waals surface area contributed by atoms with E-state index in [1.54, 1.807) is 0 Å². The fourth-order valence-electron chi connectivity index (χ4n) is 1.63. The van der Waals surface area contributed by atoms with Crippen molar-refractivity contribution in [3.05, 3.63) is 63.1 Å². The number of nitrogens with one attached hydrogen (secondary N) is 1. The van der Waals surface area contributed by atoms with E-state index in [-0.39, 0.29) is 0 Å². The van der Waals surface area contributed by atoms with Gasteiger partial charge >= 0.3 is 0 Å². The topological polar surface area (TPSA) is 12.0 Å². The summed E-state index contributed by atoms with van der Waals surface area (Å²) in [6, 6.07) is 14.1. The number of benzene rings is 2. The Morgan fingerprint density at radius 1 is 1.18 bits per heavy atom. The van der Waals surface area contributed by atoms with Crippen LogP contribution >= 0.6 is 27.5 Å². The second-order valence-corrected chi connectivity index (χ2v) is 5.29. The van der Waals surface area contributed by atoms with Gasteiger partial charge in [-0.15, -0.1) is 0 Å². The maximum absolute atomic E-state index is 5.98. The summed E-state index contributed by atoms with van der Waals surface area (Å²) >= 11 is 9.44. The third kappa shape index (κ3) is 3.48. The van der Waals surface area contributed by atoms with E-state index in [0.717, 1.165) is 21.7 Å². The summed E-state index contributed by atoms with van der Waals surface area (Å²) < 4.78 is 1.10. The lowest BCUT2D eigenvalue weighted by Crippen LogP contribution is -2.00. The van der Waals surface area contributed by atoms with Crippen molar-refractivity contribution in [3.63, 3.8) is 0 Å². The van der Waals surface area contributed by atoms with Crippen LogP contribution < -0.4 is 5.32 Å². The number of hydrogen-bond donors (Lipinski definition) is 1. The molecule has 0 aliphatic carbocycles. The predicted octanol–water partition coefficient (Wildman–Crippen LogP) is 5.02. The summed E-state index contributed by atoms with van der Waals surface area (Å²) in [6.07, 6.45) is 0. The molecule has 0 spiro atoms. The van der Waals surface area contributed by atoms with Gasteiger partial charge in [0, 0.05) is 21.7 Å². The van der Waals surface area contributed by atoms with E-state index in [2.05, 4.69) is 40.3 Å². The molecule has 0 heterocycles. The number of anilines is 1. The Hall–Kier alpha value is -0.990. The van der Waals surface area contributed by atoms with Gasteiger partial charge in [0.15, 0.2) is 0 Å². The Balaban J connectivity index is 2.09. The zero-order valence-corrected chi connectivity index (χ0v) is 11.8. The molecular weight excluding hydrogens is 298 g/mol. The van der Waals surface area contributed by atoms with Crippen molar-refractivity contribution >= 4 is 33.2 Å². The van der Waals surface area contributed by atoms with Gasteiger partial charge in [0.2, 0.25) is 0 Å². The fraction of sp³-hybridized carbons (Fsp3) is 0.143. The minimum Gasteiger partial charge on any atom is -0.381 e. The van der Waals surface area contributed by atoms with E-state index in [1.807, 2.05) is 30.3 Å². The summed E-state index contributed by atoms with van der Waals surface area (Å²) in [5, 5.41) is 4.15. The standard InChI is InChI=1S/C14H13BrClN/c1-10-5-6-13(16)8-14(10)17-9-11-3-2-4-12(15)7-11/h2-8,17H,9H2,1H3. The molecule has 0 aliphatic heterocycles. The molecule has 88 valence electrons. The Labute approximate surface area is 115 Å². The third-order valence-electron chi connectivity index (χ3n) is 2.57. The van der Waals surface area contributed by atoms with Crippen molar-refractivity contribution < 1.29 is 0 Å². The second-order valence-electron chi connectivity index (χ2n) is 3.94. The van der Waals surface area contributed by atoms with Crippen LogP contribution in [0.25, 0.3) is 0 Å². The molecular formula is C14H13BrClN. The monoisotopic (exact) mass is 309 g/mol. The highest BCUT2D eigenvalue weighted by Gasteiger charge is 1.99. The van der Waals surface area contributed by atoms with E-state index in [1.165, 1.54) is 11.1 Å². The van der Waals surface area contributed by atoms with Gasteiger partial charge in [-0.1, -0.05) is 45.7 Å². The lowest BCUT2D eigenvalue weighted by Gasteiger charge is -2.10. The van der Waals surface area contributed by atoms with Crippen molar-refractivity contribution in [2.45, 2.75) is 13.5 Å². The highest BCUT2D eigenvalue weighted by Crippen LogP contribution is 2.21. The first-order valence-electron chi connectivity index (χ1n) is 5.39. The zero-order chi connectivity index (χ0) is 12.3. The quantitative estimate of drug-likeness (QED) is 0.839. The van der Waals surface area contributed by atoms with E-state index in [9.17, 15) is 0 Å². The molecule has 1 nitrogen and oxygen atoms in total. The Bertz CT molecular complexity index is 525. The Kier molecular flexibility index (Phi) is 4.08. The van der Waals surface area contributed by atoms with Crippen molar-refractivity contribution in [3.8, 4) is 0 Å². The summed E-state index contributed by atoms with van der Waals surface area (Å²) in [7, 11) is 0. The molecule has 0 radical (unpaired) electrons. The highest BCUT2D eigenvalue weighted by atomic mass is 79.9. The van der Waals surface area contributed by atoms with Crippen molar-refractivity contribution in [1.82, 2.24) is 0 Å². The van der Waals surface area contributed by atoms with Gasteiger partial charge in [0.25, 0.3) is 0 Å². The molecule has 0 unspecified atom stereocenters. The van der Waals surface area contributed by atoms with Crippen molar-refractivity contribution in [2.24, 2.45) is 0 Å². The third-order valence-corrected chi connectivity index (χ3v) is 3.30. The van der Waals surface area contributed by atoms with Crippen molar-refractivity contribution in [1.29, 1.82) is 0 Å². The number of rotatable bonds is 3. The van der Waals surface area contributed by atoms with E-state index >= 15 is 0 Å². The first-order chi connectivity index (χ1) is 8.15. The molecule has 2 aromatic rings. The van der Waals surface area contributed by atoms with Crippen LogP contribution in [-0.2, 0) is 6.54 Å². The Morgan fingerprint density at radius 3 is 2.76 bits per heavy atom. The molecule has 2 aromatic carbocycles. The van der Waals surface area contributed by atoms with Crippen LogP contribution in [0, 0.1) is 6.92 Å². The molecule has 0 saturated heterocycles. The van der Waals surface area contributed by atoms with Gasteiger partial charge in [0.1, 0.15) is 0 Å². The highest BCUT2D eigenvalue weighted by molar-refractivity contribution is 9.10. The van der Waals surface area contributed by atoms with Gasteiger partial charge in [-0.05, 0) is 42.3 Å². The molecule has 0 bridgehead atoms. The van der Waals surface area contributed by atoms with Crippen molar-refractivity contribution in [2.75, 3.05) is 5.32 Å². The van der Waals surface area contributed by atoms with Gasteiger partial charge in [-0.3, -0.25) is 0 Å². The lowest BCUT2D eigenvalue weighted by atomic mass is 10.2. The first kappa shape index (κ1) is 12.5. The molecule has 1 N–H and O–H groups in total. The summed E-state index contributed by atoms with van der Waals surface area (Å²) in [5.41, 5.74) is 3.51. The molecule has 0 fully saturated rings. The van der Waals surface area contributed by atoms with Crippen LogP contribution in [0.4, 0.5) is 5.69 Å². The average molecular weight is 311 g/mol. The number of hydrogen-bond acceptors (Lipinski definition) is 1. The van der Waals surface area contributed by atoms with E-state index in [0.29, 0.717) is 0 Å². The van der Waals surface area contributed by atoms with Gasteiger partial charge in [0.05, 0.1) is 0 Å². The number of aryl methyl sites for hydroxylation is 1. The largest absolute Gasteiger partial charge is 0.381 e. The van der Waals surface area contributed by atoms with Crippen LogP contribution in [0.1, 0.15) is 11.1 Å². The van der Waals surface area contributed by atoms with E-state index < -0.39 is 0 Å². The molecule has 0 aliphatic rings. The molecule has 0 amide bonds. The van der Waals surface area contributed by atoms with Crippen LogP contribution in [0.3, 0.4) is 0 Å². The maximum atomic E-state index is 5.98. The number of halogens is 2. The van der Waals surface area contributed by atoms with Gasteiger partial charge < -0.3 is 5.32 Å². The molecule has 0 atom stereocenters. The normalized spacial score (nSPS) is 10.3. The summed E-state index contributed by atoms with van der Waals surface area (Å²) in [4.78, 5) is 0. The maximum Gasteiger partial charge on any atom is 0.0426 e. The van der Waals surface area contributed by atoms with Crippen LogP contribution in [-0.4, -0.2) is 0 Å². The van der Waals surface area contributed by atoms with Crippen LogP contribution in [0.5, 0.6) is 0 Å². The van der Waals surface area contributed by atoms with Crippen LogP contribution in [0.2, 0.25) is 5.02 Å². The lowest BCUT2D eigenvalue weighted by molar-refractivity contribution is 1.14. The van der Waals surface area contributed by atoms with Crippen LogP contribution in [0.15, 0.2) is 46.9 Å².